The van der Waals surface area contributed by atoms with Crippen LogP contribution in [0.15, 0.2) is 18.2 Å². The maximum atomic E-state index is 12.7. The molecule has 69 valence electrons. The van der Waals surface area contributed by atoms with E-state index in [4.69, 9.17) is 5.73 Å². The van der Waals surface area contributed by atoms with E-state index in [-0.39, 0.29) is 55.2 Å². The molecule has 1 nitrogen and oxygen atoms in total. The van der Waals surface area contributed by atoms with Crippen LogP contribution in [0.2, 0.25) is 0 Å². The van der Waals surface area contributed by atoms with Crippen molar-refractivity contribution in [1.82, 2.24) is 0 Å². The van der Waals surface area contributed by atoms with Gasteiger partial charge in [0, 0.05) is 44.1 Å². The Balaban J connectivity index is 0.00000144. The molecule has 0 heterocycles. The van der Waals surface area contributed by atoms with Crippen LogP contribution < -0.4 is 0 Å². The zero-order valence-corrected chi connectivity index (χ0v) is 12.9. The van der Waals surface area contributed by atoms with Crippen LogP contribution in [0.5, 0.6) is 0 Å². The molecule has 0 saturated carbocycles. The summed E-state index contributed by atoms with van der Waals surface area (Å²) < 4.78 is 12.7. The van der Waals surface area contributed by atoms with E-state index in [9.17, 15) is 4.39 Å². The van der Waals surface area contributed by atoms with Crippen LogP contribution >= 0.6 is 0 Å². The summed E-state index contributed by atoms with van der Waals surface area (Å²) in [4.78, 5) is 0. The van der Waals surface area contributed by atoms with Crippen molar-refractivity contribution >= 4 is 5.69 Å². The minimum Gasteiger partial charge on any atom is -0.696 e. The molecule has 0 aromatic heterocycles. The molecule has 0 unspecified atom stereocenters. The monoisotopic (exact) mass is 393 g/mol. The van der Waals surface area contributed by atoms with Crippen LogP contribution in [0.25, 0.3) is 5.73 Å². The molecule has 0 aliphatic rings. The van der Waals surface area contributed by atoms with Crippen molar-refractivity contribution in [1.29, 1.82) is 0 Å². The van der Waals surface area contributed by atoms with Crippen molar-refractivity contribution in [3.63, 3.8) is 0 Å². The van der Waals surface area contributed by atoms with Crippen molar-refractivity contribution in [3.8, 4) is 0 Å². The third-order valence-electron chi connectivity index (χ3n) is 1.83. The van der Waals surface area contributed by atoms with Crippen LogP contribution in [-0.4, -0.2) is 0 Å². The molecule has 0 amide bonds. The second kappa shape index (κ2) is 4.75. The number of hydrogen-bond acceptors (Lipinski definition) is 0. The normalized spacial score (nSPS) is 10.8. The van der Waals surface area contributed by atoms with Gasteiger partial charge >= 0.3 is 0 Å². The van der Waals surface area contributed by atoms with Crippen LogP contribution in [0, 0.1) is 49.9 Å². The zero-order valence-electron chi connectivity index (χ0n) is 8.19. The SMILES string of the molecule is CC(C)(C)c1ccc(F)c([NH-])c1.[Ac]. The summed E-state index contributed by atoms with van der Waals surface area (Å²) in [5.74, 6) is -0.456. The molecule has 0 bridgehead atoms. The Hall–Kier alpha value is 0.392. The fraction of sp³-hybridized carbons (Fsp3) is 0.400. The topological polar surface area (TPSA) is 23.8 Å². The minimum atomic E-state index is -0.456. The molecule has 1 rings (SSSR count). The Morgan fingerprint density at radius 2 is 1.77 bits per heavy atom. The van der Waals surface area contributed by atoms with Gasteiger partial charge in [-0.2, -0.15) is 0 Å². The average Bonchev–Trinajstić information content (AvgIpc) is 1.92. The fourth-order valence-corrected chi connectivity index (χ4v) is 0.992. The molecular formula is C10H13AcFN-. The summed E-state index contributed by atoms with van der Waals surface area (Å²) >= 11 is 0. The van der Waals surface area contributed by atoms with Gasteiger partial charge in [0.05, 0.1) is 0 Å². The summed E-state index contributed by atoms with van der Waals surface area (Å²) in [5.41, 5.74) is 8.22. The van der Waals surface area contributed by atoms with Crippen LogP contribution in [0.3, 0.4) is 0 Å². The molecule has 1 aromatic rings. The molecule has 0 fully saturated rings. The molecule has 3 heteroatoms. The van der Waals surface area contributed by atoms with E-state index in [1.165, 1.54) is 6.07 Å². The first-order valence-electron chi connectivity index (χ1n) is 3.93. The van der Waals surface area contributed by atoms with Crippen LogP contribution in [-0.2, 0) is 5.41 Å². The molecule has 13 heavy (non-hydrogen) atoms. The van der Waals surface area contributed by atoms with E-state index in [2.05, 4.69) is 0 Å². The molecule has 0 saturated heterocycles. The van der Waals surface area contributed by atoms with Gasteiger partial charge in [0.15, 0.2) is 0 Å². The van der Waals surface area contributed by atoms with Crippen molar-refractivity contribution < 1.29 is 48.5 Å². The quantitative estimate of drug-likeness (QED) is 0.641. The average molecular weight is 393 g/mol. The largest absolute Gasteiger partial charge is 0.696 e. The Labute approximate surface area is 114 Å². The fourth-order valence-electron chi connectivity index (χ4n) is 0.992. The first-order valence-corrected chi connectivity index (χ1v) is 3.93. The van der Waals surface area contributed by atoms with Gasteiger partial charge < -0.3 is 5.73 Å². The molecule has 1 N–H and O–H groups in total. The van der Waals surface area contributed by atoms with Gasteiger partial charge in [-0.3, -0.25) is 0 Å². The number of nitrogens with one attached hydrogen (secondary N) is 1. The number of benzene rings is 1. The van der Waals surface area contributed by atoms with Crippen molar-refractivity contribution in [2.24, 2.45) is 0 Å². The van der Waals surface area contributed by atoms with E-state index in [0.717, 1.165) is 5.56 Å². The second-order valence-electron chi connectivity index (χ2n) is 3.94. The summed E-state index contributed by atoms with van der Waals surface area (Å²) in [6, 6.07) is 4.66. The Morgan fingerprint density at radius 3 is 2.15 bits per heavy atom. The first-order chi connectivity index (χ1) is 5.41. The van der Waals surface area contributed by atoms with E-state index in [0.29, 0.717) is 0 Å². The minimum absolute atomic E-state index is 0. The predicted molar refractivity (Wildman–Crippen MR) is 49.1 cm³/mol. The molecule has 0 aliphatic carbocycles. The zero-order chi connectivity index (χ0) is 9.35. The third kappa shape index (κ3) is 3.56. The van der Waals surface area contributed by atoms with Gasteiger partial charge in [-0.25, -0.2) is 4.39 Å². The maximum absolute atomic E-state index is 12.7. The van der Waals surface area contributed by atoms with Crippen LogP contribution in [0.1, 0.15) is 26.3 Å². The summed E-state index contributed by atoms with van der Waals surface area (Å²) in [5, 5.41) is 0. The molecule has 0 atom stereocenters. The Bertz CT molecular complexity index is 291. The van der Waals surface area contributed by atoms with Crippen molar-refractivity contribution in [3.05, 3.63) is 35.3 Å². The Kier molecular flexibility index (Phi) is 4.90. The summed E-state index contributed by atoms with van der Waals surface area (Å²) in [6.07, 6.45) is 0. The standard InChI is InChI=1S/C10H13FN.Ac/c1-10(2,3)7-4-5-8(11)9(12)6-7;/h4-6,12H,1-3H3;/q-1;. The van der Waals surface area contributed by atoms with Crippen molar-refractivity contribution in [2.45, 2.75) is 26.2 Å². The number of halogens is 1. The molecule has 0 spiro atoms. The van der Waals surface area contributed by atoms with Crippen molar-refractivity contribution in [2.75, 3.05) is 0 Å². The van der Waals surface area contributed by atoms with E-state index in [1.54, 1.807) is 12.1 Å². The molecule has 1 radical (unpaired) electrons. The predicted octanol–water partition coefficient (Wildman–Crippen LogP) is 3.81. The van der Waals surface area contributed by atoms with Gasteiger partial charge in [-0.15, -0.1) is 5.69 Å². The van der Waals surface area contributed by atoms with Gasteiger partial charge in [0.1, 0.15) is 5.82 Å². The summed E-state index contributed by atoms with van der Waals surface area (Å²) in [7, 11) is 0. The summed E-state index contributed by atoms with van der Waals surface area (Å²) in [6.45, 7) is 6.12. The molecule has 1 aromatic carbocycles. The third-order valence-corrected chi connectivity index (χ3v) is 1.83. The van der Waals surface area contributed by atoms with E-state index < -0.39 is 5.82 Å². The maximum Gasteiger partial charge on any atom is 0.108 e. The van der Waals surface area contributed by atoms with E-state index in [1.807, 2.05) is 20.8 Å². The first kappa shape index (κ1) is 13.4. The number of rotatable bonds is 0. The molecular weight excluding hydrogens is 380 g/mol. The number of hydrogen-bond donors (Lipinski definition) is 0. The van der Waals surface area contributed by atoms with E-state index >= 15 is 0 Å². The second-order valence-corrected chi connectivity index (χ2v) is 3.94. The van der Waals surface area contributed by atoms with Gasteiger partial charge in [0.25, 0.3) is 0 Å². The Morgan fingerprint density at radius 1 is 1.23 bits per heavy atom. The smallest absolute Gasteiger partial charge is 0.108 e. The van der Waals surface area contributed by atoms with Gasteiger partial charge in [-0.05, 0) is 17.0 Å². The van der Waals surface area contributed by atoms with Gasteiger partial charge in [-0.1, -0.05) is 32.9 Å². The van der Waals surface area contributed by atoms with Gasteiger partial charge in [0.2, 0.25) is 0 Å². The van der Waals surface area contributed by atoms with Crippen LogP contribution in [0.4, 0.5) is 10.1 Å². The molecule has 0 aliphatic heterocycles.